The third kappa shape index (κ3) is 3.46. The van der Waals surface area contributed by atoms with Gasteiger partial charge in [0.25, 0.3) is 0 Å². The van der Waals surface area contributed by atoms with Crippen LogP contribution in [0.1, 0.15) is 36.6 Å². The van der Waals surface area contributed by atoms with E-state index in [4.69, 9.17) is 21.7 Å². The lowest BCUT2D eigenvalue weighted by Crippen LogP contribution is -2.42. The molecule has 8 nitrogen and oxygen atoms in total. The molecule has 2 aliphatic heterocycles. The number of aromatic amines is 1. The van der Waals surface area contributed by atoms with E-state index in [1.165, 1.54) is 0 Å². The van der Waals surface area contributed by atoms with Crippen LogP contribution in [0.4, 0.5) is 0 Å². The predicted octanol–water partition coefficient (Wildman–Crippen LogP) is 3.95. The number of ether oxygens (including phenoxy) is 2. The fourth-order valence-corrected chi connectivity index (χ4v) is 10.3. The Kier molecular flexibility index (Phi) is 5.92. The minimum atomic E-state index is -0.557. The molecule has 0 radical (unpaired) electrons. The Bertz CT molecular complexity index is 1320. The van der Waals surface area contributed by atoms with Crippen molar-refractivity contribution < 1.29 is 29.0 Å². The Labute approximate surface area is 221 Å². The number of aromatic nitrogens is 1. The second-order valence-corrected chi connectivity index (χ2v) is 12.6. The molecule has 1 saturated heterocycles. The first-order chi connectivity index (χ1) is 17.3. The molecule has 7 unspecified atom stereocenters. The van der Waals surface area contributed by atoms with E-state index in [1.807, 2.05) is 19.1 Å². The summed E-state index contributed by atoms with van der Waals surface area (Å²) in [6.45, 7) is 3.89. The molecule has 1 aromatic carbocycles. The molecule has 2 bridgehead atoms. The largest absolute Gasteiger partial charge is 0.504 e. The monoisotopic (exact) mass is 546 g/mol. The predicted molar refractivity (Wildman–Crippen MR) is 136 cm³/mol. The van der Waals surface area contributed by atoms with E-state index in [0.717, 1.165) is 26.8 Å². The number of esters is 1. The number of hydrogen-bond donors (Lipinski definition) is 2. The molecule has 36 heavy (non-hydrogen) atoms. The first kappa shape index (κ1) is 24.0. The van der Waals surface area contributed by atoms with Crippen molar-refractivity contribution >= 4 is 53.1 Å². The van der Waals surface area contributed by atoms with Crippen molar-refractivity contribution in [1.82, 2.24) is 9.88 Å². The quantitative estimate of drug-likeness (QED) is 0.319. The van der Waals surface area contributed by atoms with Gasteiger partial charge >= 0.3 is 5.97 Å². The van der Waals surface area contributed by atoms with Gasteiger partial charge in [0.05, 0.1) is 30.1 Å². The summed E-state index contributed by atoms with van der Waals surface area (Å²) in [5.41, 5.74) is 1.00. The lowest BCUT2D eigenvalue weighted by molar-refractivity contribution is -0.153. The maximum absolute atomic E-state index is 13.5. The molecule has 3 fully saturated rings. The molecule has 2 aliphatic carbocycles. The van der Waals surface area contributed by atoms with Gasteiger partial charge in [0.2, 0.25) is 11.8 Å². The van der Waals surface area contributed by atoms with Crippen molar-refractivity contribution in [2.75, 3.05) is 19.8 Å². The Morgan fingerprint density at radius 1 is 1.19 bits per heavy atom. The second-order valence-electron chi connectivity index (χ2n) is 9.69. The smallest absolute Gasteiger partial charge is 0.326 e. The van der Waals surface area contributed by atoms with Gasteiger partial charge in [-0.05, 0) is 67.9 Å². The van der Waals surface area contributed by atoms with Gasteiger partial charge in [-0.25, -0.2) is 0 Å². The zero-order valence-corrected chi connectivity index (χ0v) is 22.2. The molecular formula is C25H26N2O6S3. The van der Waals surface area contributed by atoms with Crippen LogP contribution >= 0.6 is 35.3 Å². The summed E-state index contributed by atoms with van der Waals surface area (Å²) < 4.78 is 11.4. The second kappa shape index (κ2) is 8.88. The number of likely N-dealkylation sites (tertiary alicyclic amines) is 1. The van der Waals surface area contributed by atoms with Gasteiger partial charge < -0.3 is 19.6 Å². The van der Waals surface area contributed by atoms with Crippen molar-refractivity contribution in [3.8, 4) is 11.5 Å². The highest BCUT2D eigenvalue weighted by Crippen LogP contribution is 2.68. The number of nitrogens with zero attached hydrogens (tertiary/aromatic N) is 1. The van der Waals surface area contributed by atoms with Gasteiger partial charge in [0.1, 0.15) is 6.54 Å². The van der Waals surface area contributed by atoms with Crippen molar-refractivity contribution in [2.45, 2.75) is 36.5 Å². The molecular weight excluding hydrogens is 520 g/mol. The molecule has 2 N–H and O–H groups in total. The highest BCUT2D eigenvalue weighted by molar-refractivity contribution is 8.00. The molecule has 1 aromatic heterocycles. The number of phenols is 1. The van der Waals surface area contributed by atoms with Crippen molar-refractivity contribution in [3.05, 3.63) is 32.6 Å². The maximum atomic E-state index is 13.5. The number of carbonyl (C=O) groups is 3. The van der Waals surface area contributed by atoms with E-state index in [-0.39, 0.29) is 59.6 Å². The first-order valence-corrected chi connectivity index (χ1v) is 14.3. The minimum Gasteiger partial charge on any atom is -0.504 e. The molecule has 7 atom stereocenters. The summed E-state index contributed by atoms with van der Waals surface area (Å²) in [6, 6.07) is 5.46. The normalized spacial score (nSPS) is 31.8. The molecule has 2 saturated carbocycles. The Morgan fingerprint density at radius 2 is 1.94 bits per heavy atom. The molecule has 4 aliphatic rings. The zero-order valence-electron chi connectivity index (χ0n) is 19.8. The molecule has 3 heterocycles. The van der Waals surface area contributed by atoms with Crippen LogP contribution < -0.4 is 4.74 Å². The van der Waals surface area contributed by atoms with Crippen LogP contribution in [0.2, 0.25) is 0 Å². The fraction of sp³-hybridized carbons (Fsp3) is 0.520. The highest BCUT2D eigenvalue weighted by atomic mass is 32.2. The number of hydrogen-bond acceptors (Lipinski definition) is 9. The first-order valence-electron chi connectivity index (χ1n) is 12.2. The van der Waals surface area contributed by atoms with Gasteiger partial charge in [-0.2, -0.15) is 0 Å². The fourth-order valence-electron chi connectivity index (χ4n) is 6.94. The standard InChI is InChI=1S/C25H26N2O6S3/c1-3-32-14-7-10(5-6-13(14)28)16-17-11-8-12(20(17)35-22-21(16)36-25(34)26-22)19-18(11)23(30)27(24(19)31)9-15(29)33-4-2/h5-7,11-12,16-20,28H,3-4,8-9H2,1-2H3,(H,26,34). The van der Waals surface area contributed by atoms with E-state index < -0.39 is 17.8 Å². The third-order valence-corrected chi connectivity index (χ3v) is 11.0. The lowest BCUT2D eigenvalue weighted by atomic mass is 9.68. The number of imide groups is 1. The van der Waals surface area contributed by atoms with Crippen LogP contribution in [-0.4, -0.2) is 57.8 Å². The van der Waals surface area contributed by atoms with Crippen molar-refractivity contribution in [2.24, 2.45) is 29.6 Å². The number of nitrogens with one attached hydrogen (secondary N) is 1. The summed E-state index contributed by atoms with van der Waals surface area (Å²) in [7, 11) is 0. The highest BCUT2D eigenvalue weighted by Gasteiger charge is 2.69. The van der Waals surface area contributed by atoms with Crippen LogP contribution in [0.5, 0.6) is 11.5 Å². The number of amides is 2. The number of thiazole rings is 1. The number of rotatable bonds is 6. The van der Waals surface area contributed by atoms with Crippen LogP contribution in [0.3, 0.4) is 0 Å². The Balaban J connectivity index is 1.40. The lowest BCUT2D eigenvalue weighted by Gasteiger charge is -2.43. The molecule has 2 amide bonds. The van der Waals surface area contributed by atoms with Gasteiger partial charge in [0, 0.05) is 16.0 Å². The molecule has 6 rings (SSSR count). The minimum absolute atomic E-state index is 0.0133. The van der Waals surface area contributed by atoms with E-state index in [1.54, 1.807) is 36.1 Å². The average Bonchev–Trinajstić information content (AvgIpc) is 3.57. The maximum Gasteiger partial charge on any atom is 0.326 e. The molecule has 11 heteroatoms. The number of carbonyl (C=O) groups excluding carboxylic acids is 3. The van der Waals surface area contributed by atoms with Gasteiger partial charge in [0.15, 0.2) is 15.5 Å². The number of phenolic OH excluding ortho intramolecular Hbond substituents is 1. The number of benzene rings is 1. The van der Waals surface area contributed by atoms with Crippen molar-refractivity contribution in [1.29, 1.82) is 0 Å². The van der Waals surface area contributed by atoms with Crippen LogP contribution in [0, 0.1) is 33.5 Å². The van der Waals surface area contributed by atoms with Crippen LogP contribution in [-0.2, 0) is 19.1 Å². The summed E-state index contributed by atoms with van der Waals surface area (Å²) in [5.74, 6) is -1.21. The molecule has 190 valence electrons. The van der Waals surface area contributed by atoms with Gasteiger partial charge in [-0.15, -0.1) is 23.1 Å². The van der Waals surface area contributed by atoms with E-state index >= 15 is 0 Å². The van der Waals surface area contributed by atoms with Crippen LogP contribution in [0.15, 0.2) is 23.2 Å². The Hall–Kier alpha value is -2.37. The average molecular weight is 547 g/mol. The van der Waals surface area contributed by atoms with E-state index in [2.05, 4.69) is 4.98 Å². The third-order valence-electron chi connectivity index (χ3n) is 8.05. The summed E-state index contributed by atoms with van der Waals surface area (Å²) in [6.07, 6.45) is 0.810. The number of H-pyrrole nitrogens is 1. The van der Waals surface area contributed by atoms with E-state index in [0.29, 0.717) is 16.3 Å². The van der Waals surface area contributed by atoms with E-state index in [9.17, 15) is 19.5 Å². The summed E-state index contributed by atoms with van der Waals surface area (Å²) in [5, 5.41) is 11.5. The summed E-state index contributed by atoms with van der Waals surface area (Å²) >= 11 is 8.78. The topological polar surface area (TPSA) is 109 Å². The number of fused-ring (bicyclic) bond motifs is 9. The Morgan fingerprint density at radius 3 is 2.67 bits per heavy atom. The molecule has 0 spiro atoms. The van der Waals surface area contributed by atoms with Crippen molar-refractivity contribution in [3.63, 3.8) is 0 Å². The molecule has 2 aromatic rings. The summed E-state index contributed by atoms with van der Waals surface area (Å²) in [4.78, 5) is 44.6. The van der Waals surface area contributed by atoms with Gasteiger partial charge in [-0.1, -0.05) is 6.07 Å². The SMILES string of the molecule is CCOC(=O)CN1C(=O)C2C3CC(C2C1=O)C1C(c2ccc(O)c(OCC)c2)c2sc(=S)[nH]c2SC31. The zero-order chi connectivity index (χ0) is 25.3. The number of aromatic hydroxyl groups is 1. The van der Waals surface area contributed by atoms with Crippen LogP contribution in [0.25, 0.3) is 0 Å². The number of thioether (sulfide) groups is 1. The van der Waals surface area contributed by atoms with Gasteiger partial charge in [-0.3, -0.25) is 19.3 Å².